The van der Waals surface area contributed by atoms with Gasteiger partial charge in [-0.05, 0) is 30.7 Å². The molecule has 110 valence electrons. The Hall–Kier alpha value is -2.66. The molecule has 0 saturated carbocycles. The Kier molecular flexibility index (Phi) is 3.89. The molecule has 0 radical (unpaired) electrons. The van der Waals surface area contributed by atoms with Crippen molar-refractivity contribution in [2.75, 3.05) is 5.32 Å². The molecule has 2 N–H and O–H groups in total. The average Bonchev–Trinajstić information content (AvgIpc) is 3.00. The molecule has 1 heterocycles. The first-order valence-corrected chi connectivity index (χ1v) is 7.06. The van der Waals surface area contributed by atoms with Crippen LogP contribution in [0.5, 0.6) is 0 Å². The Labute approximate surface area is 132 Å². The third kappa shape index (κ3) is 2.84. The number of rotatable bonds is 3. The predicted octanol–water partition coefficient (Wildman–Crippen LogP) is 3.69. The van der Waals surface area contributed by atoms with Crippen molar-refractivity contribution < 1.29 is 4.79 Å². The van der Waals surface area contributed by atoms with Crippen LogP contribution in [-0.4, -0.2) is 21.3 Å². The highest BCUT2D eigenvalue weighted by molar-refractivity contribution is 6.30. The van der Waals surface area contributed by atoms with E-state index >= 15 is 0 Å². The van der Waals surface area contributed by atoms with Crippen molar-refractivity contribution >= 4 is 23.2 Å². The molecule has 3 rings (SSSR count). The van der Waals surface area contributed by atoms with Crippen LogP contribution >= 0.6 is 11.6 Å². The summed E-state index contributed by atoms with van der Waals surface area (Å²) in [5.41, 5.74) is 3.17. The van der Waals surface area contributed by atoms with Crippen LogP contribution in [0.3, 0.4) is 0 Å². The Balaban J connectivity index is 1.89. The summed E-state index contributed by atoms with van der Waals surface area (Å²) in [5.74, 6) is -0.321. The van der Waals surface area contributed by atoms with Gasteiger partial charge in [-0.3, -0.25) is 4.79 Å². The van der Waals surface area contributed by atoms with E-state index in [4.69, 9.17) is 11.6 Å². The van der Waals surface area contributed by atoms with Gasteiger partial charge in [0.1, 0.15) is 5.69 Å². The lowest BCUT2D eigenvalue weighted by Gasteiger charge is -2.08. The molecular weight excluding hydrogens is 300 g/mol. The van der Waals surface area contributed by atoms with Gasteiger partial charge in [-0.2, -0.15) is 15.4 Å². The molecular formula is C16H13ClN4O. The minimum atomic E-state index is -0.321. The first kappa shape index (κ1) is 14.3. The maximum atomic E-state index is 12.4. The third-order valence-corrected chi connectivity index (χ3v) is 3.48. The molecule has 0 aliphatic rings. The van der Waals surface area contributed by atoms with Crippen LogP contribution in [0.25, 0.3) is 11.3 Å². The number of hydrogen-bond donors (Lipinski definition) is 2. The normalized spacial score (nSPS) is 10.5. The standard InChI is InChI=1S/C16H13ClN4O/c1-10-9-12(17)7-8-13(10)18-16(22)15-14(19-21-20-15)11-5-3-2-4-6-11/h2-9H,1H3,(H,18,22)(H,19,20,21). The molecule has 0 aliphatic heterocycles. The number of halogens is 1. The molecule has 0 aliphatic carbocycles. The maximum Gasteiger partial charge on any atom is 0.278 e. The number of H-pyrrole nitrogens is 1. The summed E-state index contributed by atoms with van der Waals surface area (Å²) < 4.78 is 0. The quantitative estimate of drug-likeness (QED) is 0.775. The largest absolute Gasteiger partial charge is 0.320 e. The molecule has 1 amide bonds. The summed E-state index contributed by atoms with van der Waals surface area (Å²) in [7, 11) is 0. The topological polar surface area (TPSA) is 70.7 Å². The summed E-state index contributed by atoms with van der Waals surface area (Å²) in [4.78, 5) is 12.4. The molecule has 1 aromatic heterocycles. The van der Waals surface area contributed by atoms with Crippen molar-refractivity contribution in [2.24, 2.45) is 0 Å². The van der Waals surface area contributed by atoms with E-state index in [2.05, 4.69) is 20.7 Å². The Bertz CT molecular complexity index is 814. The van der Waals surface area contributed by atoms with Gasteiger partial charge in [-0.1, -0.05) is 41.9 Å². The fourth-order valence-electron chi connectivity index (χ4n) is 2.14. The van der Waals surface area contributed by atoms with Crippen molar-refractivity contribution in [2.45, 2.75) is 6.92 Å². The average molecular weight is 313 g/mol. The van der Waals surface area contributed by atoms with Gasteiger partial charge in [0.05, 0.1) is 0 Å². The molecule has 0 bridgehead atoms. The Morgan fingerprint density at radius 1 is 1.14 bits per heavy atom. The van der Waals surface area contributed by atoms with E-state index in [1.54, 1.807) is 18.2 Å². The van der Waals surface area contributed by atoms with E-state index in [0.717, 1.165) is 11.1 Å². The Morgan fingerprint density at radius 3 is 2.64 bits per heavy atom. The van der Waals surface area contributed by atoms with Gasteiger partial charge in [-0.25, -0.2) is 0 Å². The zero-order chi connectivity index (χ0) is 15.5. The minimum Gasteiger partial charge on any atom is -0.320 e. The monoisotopic (exact) mass is 312 g/mol. The molecule has 22 heavy (non-hydrogen) atoms. The second-order valence-electron chi connectivity index (χ2n) is 4.80. The first-order chi connectivity index (χ1) is 10.6. The lowest BCUT2D eigenvalue weighted by atomic mass is 10.1. The summed E-state index contributed by atoms with van der Waals surface area (Å²) in [6, 6.07) is 14.7. The SMILES string of the molecule is Cc1cc(Cl)ccc1NC(=O)c1n[nH]nc1-c1ccccc1. The van der Waals surface area contributed by atoms with Crippen molar-refractivity contribution in [1.82, 2.24) is 15.4 Å². The fraction of sp³-hybridized carbons (Fsp3) is 0.0625. The number of hydrogen-bond acceptors (Lipinski definition) is 3. The van der Waals surface area contributed by atoms with Gasteiger partial charge >= 0.3 is 0 Å². The van der Waals surface area contributed by atoms with Crippen LogP contribution in [0.1, 0.15) is 16.1 Å². The van der Waals surface area contributed by atoms with Crippen molar-refractivity contribution in [3.8, 4) is 11.3 Å². The molecule has 3 aromatic rings. The van der Waals surface area contributed by atoms with Crippen LogP contribution < -0.4 is 5.32 Å². The lowest BCUT2D eigenvalue weighted by molar-refractivity contribution is 0.102. The van der Waals surface area contributed by atoms with Crippen LogP contribution in [-0.2, 0) is 0 Å². The number of aryl methyl sites for hydroxylation is 1. The smallest absolute Gasteiger partial charge is 0.278 e. The summed E-state index contributed by atoms with van der Waals surface area (Å²) >= 11 is 5.92. The van der Waals surface area contributed by atoms with Gasteiger partial charge in [0.15, 0.2) is 5.69 Å². The van der Waals surface area contributed by atoms with Gasteiger partial charge < -0.3 is 5.32 Å². The van der Waals surface area contributed by atoms with Crippen molar-refractivity contribution in [3.63, 3.8) is 0 Å². The number of aromatic nitrogens is 3. The van der Waals surface area contributed by atoms with Crippen molar-refractivity contribution in [1.29, 1.82) is 0 Å². The Morgan fingerprint density at radius 2 is 1.91 bits per heavy atom. The number of benzene rings is 2. The molecule has 0 fully saturated rings. The molecule has 0 atom stereocenters. The van der Waals surface area contributed by atoms with Crippen molar-refractivity contribution in [3.05, 3.63) is 64.8 Å². The number of amides is 1. The minimum absolute atomic E-state index is 0.251. The third-order valence-electron chi connectivity index (χ3n) is 3.25. The van der Waals surface area contributed by atoms with Crippen LogP contribution in [0, 0.1) is 6.92 Å². The number of anilines is 1. The van der Waals surface area contributed by atoms with E-state index in [1.807, 2.05) is 37.3 Å². The zero-order valence-corrected chi connectivity index (χ0v) is 12.6. The summed E-state index contributed by atoms with van der Waals surface area (Å²) in [5, 5.41) is 14.0. The van der Waals surface area contributed by atoms with Crippen LogP contribution in [0.15, 0.2) is 48.5 Å². The highest BCUT2D eigenvalue weighted by atomic mass is 35.5. The molecule has 0 spiro atoms. The maximum absolute atomic E-state index is 12.4. The number of carbonyl (C=O) groups is 1. The molecule has 2 aromatic carbocycles. The fourth-order valence-corrected chi connectivity index (χ4v) is 2.36. The van der Waals surface area contributed by atoms with E-state index in [0.29, 0.717) is 16.4 Å². The summed E-state index contributed by atoms with van der Waals surface area (Å²) in [6.45, 7) is 1.88. The van der Waals surface area contributed by atoms with Gasteiger partial charge in [-0.15, -0.1) is 0 Å². The lowest BCUT2D eigenvalue weighted by Crippen LogP contribution is -2.14. The molecule has 0 unspecified atom stereocenters. The number of aromatic amines is 1. The van der Waals surface area contributed by atoms with E-state index < -0.39 is 0 Å². The number of nitrogens with one attached hydrogen (secondary N) is 2. The molecule has 0 saturated heterocycles. The van der Waals surface area contributed by atoms with E-state index in [9.17, 15) is 4.79 Å². The summed E-state index contributed by atoms with van der Waals surface area (Å²) in [6.07, 6.45) is 0. The number of nitrogens with zero attached hydrogens (tertiary/aromatic N) is 2. The van der Waals surface area contributed by atoms with E-state index in [1.165, 1.54) is 0 Å². The molecule has 6 heteroatoms. The second-order valence-corrected chi connectivity index (χ2v) is 5.24. The van der Waals surface area contributed by atoms with Crippen LogP contribution in [0.4, 0.5) is 5.69 Å². The molecule has 5 nitrogen and oxygen atoms in total. The van der Waals surface area contributed by atoms with Gasteiger partial charge in [0, 0.05) is 16.3 Å². The van der Waals surface area contributed by atoms with Gasteiger partial charge in [0.25, 0.3) is 5.91 Å². The highest BCUT2D eigenvalue weighted by Gasteiger charge is 2.18. The van der Waals surface area contributed by atoms with Gasteiger partial charge in [0.2, 0.25) is 0 Å². The van der Waals surface area contributed by atoms with Crippen LogP contribution in [0.2, 0.25) is 5.02 Å². The number of carbonyl (C=O) groups excluding carboxylic acids is 1. The predicted molar refractivity (Wildman–Crippen MR) is 86.0 cm³/mol. The first-order valence-electron chi connectivity index (χ1n) is 6.69. The highest BCUT2D eigenvalue weighted by Crippen LogP contribution is 2.23. The van der Waals surface area contributed by atoms with E-state index in [-0.39, 0.29) is 11.6 Å². The second kappa shape index (κ2) is 5.99. The zero-order valence-electron chi connectivity index (χ0n) is 11.8.